The largest absolute Gasteiger partial charge is 0.481 e. The van der Waals surface area contributed by atoms with E-state index in [1.165, 1.54) is 5.56 Å². The van der Waals surface area contributed by atoms with Crippen molar-refractivity contribution < 1.29 is 9.90 Å². The first-order chi connectivity index (χ1) is 10.6. The summed E-state index contributed by atoms with van der Waals surface area (Å²) in [6.45, 7) is 4.11. The van der Waals surface area contributed by atoms with Gasteiger partial charge in [0.15, 0.2) is 0 Å². The maximum atomic E-state index is 11.2. The number of hydrogen-bond donors (Lipinski definition) is 1. The molecular weight excluding hydrogens is 276 g/mol. The second-order valence-electron chi connectivity index (χ2n) is 5.46. The van der Waals surface area contributed by atoms with E-state index in [0.717, 1.165) is 28.9 Å². The summed E-state index contributed by atoms with van der Waals surface area (Å²) in [4.78, 5) is 15.9. The van der Waals surface area contributed by atoms with Gasteiger partial charge in [-0.2, -0.15) is 0 Å². The molecule has 0 amide bonds. The third-order valence-corrected chi connectivity index (χ3v) is 3.83. The summed E-state index contributed by atoms with van der Waals surface area (Å²) in [5.41, 5.74) is 5.55. The fourth-order valence-electron chi connectivity index (χ4n) is 2.64. The Morgan fingerprint density at radius 1 is 1.23 bits per heavy atom. The molecule has 0 bridgehead atoms. The predicted molar refractivity (Wildman–Crippen MR) is 86.1 cm³/mol. The molecule has 0 fully saturated rings. The minimum Gasteiger partial charge on any atom is -0.481 e. The third kappa shape index (κ3) is 2.60. The molecule has 0 unspecified atom stereocenters. The topological polar surface area (TPSA) is 54.6 Å². The number of aryl methyl sites for hydroxylation is 2. The van der Waals surface area contributed by atoms with Gasteiger partial charge in [-0.1, -0.05) is 31.2 Å². The van der Waals surface area contributed by atoms with Crippen molar-refractivity contribution in [3.05, 3.63) is 59.4 Å². The summed E-state index contributed by atoms with van der Waals surface area (Å²) in [5.74, 6) is -0.853. The molecule has 0 atom stereocenters. The molecule has 0 aliphatic heterocycles. The molecule has 2 aromatic heterocycles. The standard InChI is InChI=1S/C18H18N2O2/c1-3-13-4-6-14(7-5-13)18-15(11-17(21)22)20-9-8-12(2)10-16(20)19-18/h4-10H,3,11H2,1-2H3,(H,21,22). The van der Waals surface area contributed by atoms with Gasteiger partial charge in [-0.3, -0.25) is 4.79 Å². The van der Waals surface area contributed by atoms with Crippen LogP contribution in [-0.4, -0.2) is 20.5 Å². The normalized spacial score (nSPS) is 11.0. The maximum absolute atomic E-state index is 11.2. The lowest BCUT2D eigenvalue weighted by Gasteiger charge is -2.04. The number of aliphatic carboxylic acids is 1. The molecule has 0 spiro atoms. The van der Waals surface area contributed by atoms with Crippen molar-refractivity contribution in [2.75, 3.05) is 0 Å². The SMILES string of the molecule is CCc1ccc(-c2nc3cc(C)ccn3c2CC(=O)O)cc1. The minimum atomic E-state index is -0.853. The highest BCUT2D eigenvalue weighted by atomic mass is 16.4. The smallest absolute Gasteiger partial charge is 0.309 e. The zero-order chi connectivity index (χ0) is 15.7. The van der Waals surface area contributed by atoms with Crippen molar-refractivity contribution in [3.8, 4) is 11.3 Å². The number of carbonyl (C=O) groups is 1. The molecule has 3 aromatic rings. The first kappa shape index (κ1) is 14.3. The number of carboxylic acid groups (broad SMARTS) is 1. The molecule has 3 rings (SSSR count). The Hall–Kier alpha value is -2.62. The highest BCUT2D eigenvalue weighted by Gasteiger charge is 2.16. The molecule has 0 saturated carbocycles. The number of aromatic nitrogens is 2. The van der Waals surface area contributed by atoms with Crippen molar-refractivity contribution >= 4 is 11.6 Å². The number of imidazole rings is 1. The lowest BCUT2D eigenvalue weighted by Crippen LogP contribution is -2.04. The average molecular weight is 294 g/mol. The Balaban J connectivity index is 2.19. The first-order valence-corrected chi connectivity index (χ1v) is 7.37. The quantitative estimate of drug-likeness (QED) is 0.801. The molecule has 1 aromatic carbocycles. The molecule has 1 N–H and O–H groups in total. The van der Waals surface area contributed by atoms with Gasteiger partial charge in [-0.15, -0.1) is 0 Å². The second kappa shape index (κ2) is 5.64. The molecule has 4 heteroatoms. The van der Waals surface area contributed by atoms with Crippen LogP contribution >= 0.6 is 0 Å². The number of benzene rings is 1. The number of nitrogens with zero attached hydrogens (tertiary/aromatic N) is 2. The van der Waals surface area contributed by atoms with Crippen molar-refractivity contribution in [1.82, 2.24) is 9.38 Å². The lowest BCUT2D eigenvalue weighted by molar-refractivity contribution is -0.136. The summed E-state index contributed by atoms with van der Waals surface area (Å²) >= 11 is 0. The Labute approximate surface area is 129 Å². The van der Waals surface area contributed by atoms with Crippen molar-refractivity contribution in [2.24, 2.45) is 0 Å². The highest BCUT2D eigenvalue weighted by molar-refractivity contribution is 5.76. The van der Waals surface area contributed by atoms with Crippen LogP contribution in [0.1, 0.15) is 23.7 Å². The number of pyridine rings is 1. The van der Waals surface area contributed by atoms with Gasteiger partial charge in [-0.25, -0.2) is 4.98 Å². The number of rotatable bonds is 4. The van der Waals surface area contributed by atoms with Crippen molar-refractivity contribution in [1.29, 1.82) is 0 Å². The average Bonchev–Trinajstić information content (AvgIpc) is 2.84. The predicted octanol–water partition coefficient (Wildman–Crippen LogP) is 3.50. The fraction of sp³-hybridized carbons (Fsp3) is 0.222. The van der Waals surface area contributed by atoms with E-state index < -0.39 is 5.97 Å². The second-order valence-corrected chi connectivity index (χ2v) is 5.46. The summed E-state index contributed by atoms with van der Waals surface area (Å²) < 4.78 is 1.87. The van der Waals surface area contributed by atoms with Crippen LogP contribution in [0.15, 0.2) is 42.6 Å². The van der Waals surface area contributed by atoms with E-state index in [-0.39, 0.29) is 6.42 Å². The first-order valence-electron chi connectivity index (χ1n) is 7.37. The number of fused-ring (bicyclic) bond motifs is 1. The zero-order valence-corrected chi connectivity index (χ0v) is 12.7. The third-order valence-electron chi connectivity index (χ3n) is 3.83. The van der Waals surface area contributed by atoms with Gasteiger partial charge in [0.25, 0.3) is 0 Å². The van der Waals surface area contributed by atoms with E-state index in [4.69, 9.17) is 0 Å². The molecule has 0 aliphatic rings. The monoisotopic (exact) mass is 294 g/mol. The molecule has 0 saturated heterocycles. The molecule has 22 heavy (non-hydrogen) atoms. The summed E-state index contributed by atoms with van der Waals surface area (Å²) in [5, 5.41) is 9.21. The Morgan fingerprint density at radius 2 is 1.95 bits per heavy atom. The van der Waals surface area contributed by atoms with Crippen molar-refractivity contribution in [2.45, 2.75) is 26.7 Å². The molecule has 2 heterocycles. The summed E-state index contributed by atoms with van der Waals surface area (Å²) in [7, 11) is 0. The molecular formula is C18H18N2O2. The van der Waals surface area contributed by atoms with Gasteiger partial charge < -0.3 is 9.51 Å². The minimum absolute atomic E-state index is 0.0465. The van der Waals surface area contributed by atoms with Crippen LogP contribution in [0, 0.1) is 6.92 Å². The van der Waals surface area contributed by atoms with Gasteiger partial charge in [0, 0.05) is 11.8 Å². The molecule has 0 radical (unpaired) electrons. The molecule has 4 nitrogen and oxygen atoms in total. The van der Waals surface area contributed by atoms with E-state index >= 15 is 0 Å². The van der Waals surface area contributed by atoms with E-state index in [2.05, 4.69) is 24.0 Å². The van der Waals surface area contributed by atoms with Crippen LogP contribution in [0.4, 0.5) is 0 Å². The van der Waals surface area contributed by atoms with E-state index in [0.29, 0.717) is 5.69 Å². The van der Waals surface area contributed by atoms with Gasteiger partial charge >= 0.3 is 5.97 Å². The number of hydrogen-bond acceptors (Lipinski definition) is 2. The zero-order valence-electron chi connectivity index (χ0n) is 12.7. The Bertz CT molecular complexity index is 832. The van der Waals surface area contributed by atoms with Gasteiger partial charge in [0.1, 0.15) is 5.65 Å². The fourth-order valence-corrected chi connectivity index (χ4v) is 2.64. The van der Waals surface area contributed by atoms with Crippen LogP contribution < -0.4 is 0 Å². The van der Waals surface area contributed by atoms with Crippen molar-refractivity contribution in [3.63, 3.8) is 0 Å². The van der Waals surface area contributed by atoms with Crippen LogP contribution in [0.3, 0.4) is 0 Å². The van der Waals surface area contributed by atoms with Crippen LogP contribution in [0.25, 0.3) is 16.9 Å². The Kier molecular flexibility index (Phi) is 3.67. The van der Waals surface area contributed by atoms with Gasteiger partial charge in [-0.05, 0) is 36.6 Å². The molecule has 0 aliphatic carbocycles. The number of carboxylic acids is 1. The van der Waals surface area contributed by atoms with Crippen LogP contribution in [0.2, 0.25) is 0 Å². The van der Waals surface area contributed by atoms with E-state index in [9.17, 15) is 9.90 Å². The van der Waals surface area contributed by atoms with E-state index in [1.54, 1.807) is 0 Å². The molecule has 112 valence electrons. The van der Waals surface area contributed by atoms with Crippen LogP contribution in [0.5, 0.6) is 0 Å². The summed E-state index contributed by atoms with van der Waals surface area (Å²) in [6.07, 6.45) is 2.82. The highest BCUT2D eigenvalue weighted by Crippen LogP contribution is 2.26. The van der Waals surface area contributed by atoms with Crippen LogP contribution in [-0.2, 0) is 17.6 Å². The Morgan fingerprint density at radius 3 is 2.59 bits per heavy atom. The van der Waals surface area contributed by atoms with Gasteiger partial charge in [0.2, 0.25) is 0 Å². The van der Waals surface area contributed by atoms with Gasteiger partial charge in [0.05, 0.1) is 17.8 Å². The lowest BCUT2D eigenvalue weighted by atomic mass is 10.1. The summed E-state index contributed by atoms with van der Waals surface area (Å²) in [6, 6.07) is 12.1. The van der Waals surface area contributed by atoms with E-state index in [1.807, 2.05) is 41.8 Å². The maximum Gasteiger partial charge on any atom is 0.309 e.